The molecular weight excluding hydrogens is 464 g/mol. The highest BCUT2D eigenvalue weighted by Gasteiger charge is 2.41. The lowest BCUT2D eigenvalue weighted by molar-refractivity contribution is -0.130. The molecule has 1 unspecified atom stereocenters. The number of rotatable bonds is 6. The lowest BCUT2D eigenvalue weighted by Crippen LogP contribution is -2.46. The standard InChI is InChI=1S/C31H30N2O4/c1-5-27-26-19-24(14-15-25(26)28(34)37-33-27)32-29(35)31(36,17-16-22-11-9-10-21(2)18-22)20-30(3,4)23-12-7-6-8-13-23/h6-15,18-19,36H,5,20H2,1-4H3,(H,32,35). The Morgan fingerprint density at radius 3 is 2.49 bits per heavy atom. The lowest BCUT2D eigenvalue weighted by Gasteiger charge is -2.32. The number of nitrogens with zero attached hydrogens (tertiary/aromatic N) is 1. The van der Waals surface area contributed by atoms with E-state index in [4.69, 9.17) is 4.52 Å². The minimum absolute atomic E-state index is 0.0631. The first-order chi connectivity index (χ1) is 17.6. The summed E-state index contributed by atoms with van der Waals surface area (Å²) in [5.74, 6) is 5.22. The molecule has 0 bridgehead atoms. The Bertz CT molecular complexity index is 1560. The smallest absolute Gasteiger partial charge is 0.366 e. The summed E-state index contributed by atoms with van der Waals surface area (Å²) in [6.45, 7) is 7.81. The van der Waals surface area contributed by atoms with Crippen LogP contribution in [0.25, 0.3) is 10.8 Å². The maximum atomic E-state index is 13.6. The molecule has 0 saturated carbocycles. The molecule has 2 N–H and O–H groups in total. The van der Waals surface area contributed by atoms with Gasteiger partial charge in [0.05, 0.1) is 11.1 Å². The van der Waals surface area contributed by atoms with Gasteiger partial charge >= 0.3 is 5.63 Å². The van der Waals surface area contributed by atoms with Crippen molar-refractivity contribution in [1.82, 2.24) is 5.16 Å². The molecule has 0 aliphatic rings. The van der Waals surface area contributed by atoms with Crippen molar-refractivity contribution in [3.63, 3.8) is 0 Å². The highest BCUT2D eigenvalue weighted by atomic mass is 16.5. The highest BCUT2D eigenvalue weighted by Crippen LogP contribution is 2.33. The molecule has 188 valence electrons. The van der Waals surface area contributed by atoms with Crippen LogP contribution >= 0.6 is 0 Å². The zero-order chi connectivity index (χ0) is 26.6. The number of anilines is 1. The van der Waals surface area contributed by atoms with Gasteiger partial charge in [-0.25, -0.2) is 4.79 Å². The largest absolute Gasteiger partial charge is 0.369 e. The van der Waals surface area contributed by atoms with E-state index in [1.165, 1.54) is 0 Å². The van der Waals surface area contributed by atoms with Crippen LogP contribution in [0.3, 0.4) is 0 Å². The Morgan fingerprint density at radius 1 is 1.03 bits per heavy atom. The van der Waals surface area contributed by atoms with Gasteiger partial charge in [-0.05, 0) is 60.2 Å². The van der Waals surface area contributed by atoms with Gasteiger partial charge in [0.2, 0.25) is 5.60 Å². The number of nitrogens with one attached hydrogen (secondary N) is 1. The summed E-state index contributed by atoms with van der Waals surface area (Å²) in [5.41, 5.74) is 0.643. The van der Waals surface area contributed by atoms with Gasteiger partial charge in [-0.1, -0.05) is 80.2 Å². The summed E-state index contributed by atoms with van der Waals surface area (Å²) < 4.78 is 4.87. The fourth-order valence-electron chi connectivity index (χ4n) is 4.43. The Labute approximate surface area is 216 Å². The van der Waals surface area contributed by atoms with E-state index in [9.17, 15) is 14.7 Å². The molecule has 0 aliphatic carbocycles. The number of benzene rings is 3. The first-order valence-electron chi connectivity index (χ1n) is 12.2. The van der Waals surface area contributed by atoms with E-state index in [-0.39, 0.29) is 6.42 Å². The Balaban J connectivity index is 1.73. The van der Waals surface area contributed by atoms with E-state index in [0.717, 1.165) is 11.1 Å². The first-order valence-corrected chi connectivity index (χ1v) is 12.2. The topological polar surface area (TPSA) is 92.4 Å². The van der Waals surface area contributed by atoms with Gasteiger partial charge in [0, 0.05) is 23.1 Å². The van der Waals surface area contributed by atoms with Crippen molar-refractivity contribution in [2.45, 2.75) is 51.6 Å². The van der Waals surface area contributed by atoms with Crippen LogP contribution in [0.15, 0.2) is 82.1 Å². The second-order valence-corrected chi connectivity index (χ2v) is 9.89. The molecule has 37 heavy (non-hydrogen) atoms. The molecule has 0 aliphatic heterocycles. The van der Waals surface area contributed by atoms with Gasteiger partial charge in [-0.15, -0.1) is 0 Å². The molecule has 1 amide bonds. The molecule has 0 spiro atoms. The summed E-state index contributed by atoms with van der Waals surface area (Å²) in [6.07, 6.45) is 0.614. The van der Waals surface area contributed by atoms with Crippen LogP contribution in [-0.4, -0.2) is 21.8 Å². The number of aryl methyl sites for hydroxylation is 2. The van der Waals surface area contributed by atoms with Crippen LogP contribution in [0, 0.1) is 18.8 Å². The number of carbonyl (C=O) groups excluding carboxylic acids is 1. The number of amides is 1. The SMILES string of the molecule is CCc1noc(=O)c2ccc(NC(=O)C(O)(C#Cc3cccc(C)c3)CC(C)(C)c3ccccc3)cc12. The van der Waals surface area contributed by atoms with Crippen LogP contribution in [0.2, 0.25) is 0 Å². The average Bonchev–Trinajstić information content (AvgIpc) is 2.88. The molecule has 6 nitrogen and oxygen atoms in total. The zero-order valence-corrected chi connectivity index (χ0v) is 21.5. The molecule has 0 saturated heterocycles. The van der Waals surface area contributed by atoms with Crippen LogP contribution in [0.5, 0.6) is 0 Å². The summed E-state index contributed by atoms with van der Waals surface area (Å²) in [7, 11) is 0. The molecule has 4 aromatic rings. The van der Waals surface area contributed by atoms with Gasteiger partial charge < -0.3 is 14.9 Å². The number of aliphatic hydroxyl groups is 1. The van der Waals surface area contributed by atoms with Crippen molar-refractivity contribution < 1.29 is 14.4 Å². The van der Waals surface area contributed by atoms with E-state index < -0.39 is 22.5 Å². The summed E-state index contributed by atoms with van der Waals surface area (Å²) in [5, 5.41) is 19.4. The maximum absolute atomic E-state index is 13.6. The molecule has 1 heterocycles. The predicted molar refractivity (Wildman–Crippen MR) is 145 cm³/mol. The molecule has 6 heteroatoms. The molecule has 1 aromatic heterocycles. The minimum Gasteiger partial charge on any atom is -0.369 e. The third-order valence-electron chi connectivity index (χ3n) is 6.44. The number of carbonyl (C=O) groups is 1. The lowest BCUT2D eigenvalue weighted by atomic mass is 9.75. The van der Waals surface area contributed by atoms with E-state index in [2.05, 4.69) is 22.3 Å². The fraction of sp³-hybridized carbons (Fsp3) is 0.258. The quantitative estimate of drug-likeness (QED) is 0.362. The Morgan fingerprint density at radius 2 is 1.78 bits per heavy atom. The monoisotopic (exact) mass is 494 g/mol. The van der Waals surface area contributed by atoms with Gasteiger partial charge in [-0.3, -0.25) is 4.79 Å². The van der Waals surface area contributed by atoms with E-state index in [0.29, 0.717) is 34.1 Å². The van der Waals surface area contributed by atoms with E-state index >= 15 is 0 Å². The highest BCUT2D eigenvalue weighted by molar-refractivity contribution is 6.01. The summed E-state index contributed by atoms with van der Waals surface area (Å²) in [6, 6.07) is 22.2. The number of aromatic nitrogens is 1. The molecule has 4 rings (SSSR count). The normalized spacial score (nSPS) is 12.9. The van der Waals surface area contributed by atoms with Crippen LogP contribution in [0.1, 0.15) is 49.6 Å². The second kappa shape index (κ2) is 10.4. The minimum atomic E-state index is -2.00. The van der Waals surface area contributed by atoms with E-state index in [1.54, 1.807) is 18.2 Å². The van der Waals surface area contributed by atoms with Gasteiger partial charge in [0.1, 0.15) is 0 Å². The number of hydrogen-bond donors (Lipinski definition) is 2. The zero-order valence-electron chi connectivity index (χ0n) is 21.5. The van der Waals surface area contributed by atoms with Crippen molar-refractivity contribution in [3.05, 3.63) is 106 Å². The van der Waals surface area contributed by atoms with Gasteiger partial charge in [0.25, 0.3) is 5.91 Å². The van der Waals surface area contributed by atoms with Gasteiger partial charge in [0.15, 0.2) is 0 Å². The van der Waals surface area contributed by atoms with E-state index in [1.807, 2.05) is 82.3 Å². The number of fused-ring (bicyclic) bond motifs is 1. The van der Waals surface area contributed by atoms with Crippen molar-refractivity contribution in [3.8, 4) is 11.8 Å². The van der Waals surface area contributed by atoms with Gasteiger partial charge in [-0.2, -0.15) is 0 Å². The van der Waals surface area contributed by atoms with Crippen LogP contribution in [0.4, 0.5) is 5.69 Å². The molecule has 1 atom stereocenters. The van der Waals surface area contributed by atoms with Crippen LogP contribution in [-0.2, 0) is 16.6 Å². The molecule has 3 aromatic carbocycles. The average molecular weight is 495 g/mol. The molecule has 0 radical (unpaired) electrons. The molecular formula is C31H30N2O4. The van der Waals surface area contributed by atoms with Crippen LogP contribution < -0.4 is 10.9 Å². The Kier molecular flexibility index (Phi) is 7.28. The van der Waals surface area contributed by atoms with Crippen molar-refractivity contribution >= 4 is 22.4 Å². The van der Waals surface area contributed by atoms with Crippen molar-refractivity contribution in [1.29, 1.82) is 0 Å². The third kappa shape index (κ3) is 5.79. The Hall–Kier alpha value is -4.21. The second-order valence-electron chi connectivity index (χ2n) is 9.89. The maximum Gasteiger partial charge on any atom is 0.366 e. The number of hydrogen-bond acceptors (Lipinski definition) is 5. The fourth-order valence-corrected chi connectivity index (χ4v) is 4.43. The molecule has 0 fully saturated rings. The predicted octanol–water partition coefficient (Wildman–Crippen LogP) is 5.15. The summed E-state index contributed by atoms with van der Waals surface area (Å²) in [4.78, 5) is 25.7. The van der Waals surface area contributed by atoms with Crippen molar-refractivity contribution in [2.75, 3.05) is 5.32 Å². The first kappa shape index (κ1) is 25.9. The van der Waals surface area contributed by atoms with Crippen molar-refractivity contribution in [2.24, 2.45) is 0 Å². The summed E-state index contributed by atoms with van der Waals surface area (Å²) >= 11 is 0. The third-order valence-corrected chi connectivity index (χ3v) is 6.44.